The van der Waals surface area contributed by atoms with Gasteiger partial charge >= 0.3 is 5.54 Å². The van der Waals surface area contributed by atoms with Crippen LogP contribution >= 0.6 is 0 Å². The fourth-order valence-electron chi connectivity index (χ4n) is 3.43. The molecule has 0 bridgehead atoms. The van der Waals surface area contributed by atoms with E-state index in [2.05, 4.69) is 0 Å². The fourth-order valence-corrected chi connectivity index (χ4v) is 3.43. The van der Waals surface area contributed by atoms with Crippen molar-refractivity contribution in [3.8, 4) is 0 Å². The van der Waals surface area contributed by atoms with Gasteiger partial charge in [0.2, 0.25) is 0 Å². The van der Waals surface area contributed by atoms with Gasteiger partial charge in [-0.3, -0.25) is 19.7 Å². The normalized spacial score (nSPS) is 15.5. The minimum absolute atomic E-state index is 0.0801. The minimum atomic E-state index is -2.43. The third-order valence-electron chi connectivity index (χ3n) is 4.52. The molecule has 0 unspecified atom stereocenters. The van der Waals surface area contributed by atoms with Gasteiger partial charge in [0.25, 0.3) is 11.6 Å². The number of hydrogen-bond acceptors (Lipinski definition) is 4. The Balaban J connectivity index is 2.15. The van der Waals surface area contributed by atoms with E-state index in [1.54, 1.807) is 54.6 Å². The van der Waals surface area contributed by atoms with Crippen molar-refractivity contribution in [2.45, 2.75) is 5.54 Å². The van der Waals surface area contributed by atoms with Crippen LogP contribution in [0.5, 0.6) is 0 Å². The zero-order valence-electron chi connectivity index (χ0n) is 12.4. The van der Waals surface area contributed by atoms with Crippen LogP contribution in [0, 0.1) is 10.1 Å². The maximum atomic E-state index is 13.1. The number of nitrogens with zero attached hydrogens (tertiary/aromatic N) is 1. The topological polar surface area (TPSA) is 77.3 Å². The van der Waals surface area contributed by atoms with Gasteiger partial charge in [-0.1, -0.05) is 66.7 Å². The van der Waals surface area contributed by atoms with Crippen molar-refractivity contribution in [3.05, 3.63) is 93.5 Å². The lowest BCUT2D eigenvalue weighted by Crippen LogP contribution is -2.52. The highest BCUT2D eigenvalue weighted by Gasteiger charge is 2.62. The number of rotatable bonds is 2. The molecule has 0 saturated heterocycles. The highest BCUT2D eigenvalue weighted by atomic mass is 16.6. The number of carbonyl (C=O) groups is 2. The molecule has 4 rings (SSSR count). The summed E-state index contributed by atoms with van der Waals surface area (Å²) in [5.74, 6) is -1.57. The maximum Gasteiger partial charge on any atom is 0.370 e. The molecule has 5 nitrogen and oxygen atoms in total. The van der Waals surface area contributed by atoms with Crippen molar-refractivity contribution in [2.75, 3.05) is 0 Å². The molecule has 0 fully saturated rings. The molecule has 5 heteroatoms. The Hall–Kier alpha value is -3.34. The summed E-state index contributed by atoms with van der Waals surface area (Å²) >= 11 is 0. The van der Waals surface area contributed by atoms with E-state index >= 15 is 0 Å². The van der Waals surface area contributed by atoms with Crippen LogP contribution in [-0.4, -0.2) is 16.5 Å². The summed E-state index contributed by atoms with van der Waals surface area (Å²) in [7, 11) is 0. The average Bonchev–Trinajstić information content (AvgIpc) is 2.60. The Morgan fingerprint density at radius 3 is 1.79 bits per heavy atom. The first kappa shape index (κ1) is 14.3. The Labute approximate surface area is 136 Å². The molecular weight excluding hydrogens is 306 g/mol. The van der Waals surface area contributed by atoms with E-state index in [0.717, 1.165) is 5.39 Å². The average molecular weight is 317 g/mol. The van der Waals surface area contributed by atoms with Crippen LogP contribution in [0.1, 0.15) is 26.3 Å². The van der Waals surface area contributed by atoms with E-state index in [4.69, 9.17) is 0 Å². The second-order valence-corrected chi connectivity index (χ2v) is 5.70. The monoisotopic (exact) mass is 317 g/mol. The molecule has 0 aliphatic heterocycles. The summed E-state index contributed by atoms with van der Waals surface area (Å²) in [6.07, 6.45) is 0. The Morgan fingerprint density at radius 2 is 1.29 bits per heavy atom. The summed E-state index contributed by atoms with van der Waals surface area (Å²) in [5, 5.41) is 13.2. The van der Waals surface area contributed by atoms with Crippen LogP contribution in [0.2, 0.25) is 0 Å². The third-order valence-corrected chi connectivity index (χ3v) is 4.52. The molecular formula is C19H11NO4. The van der Waals surface area contributed by atoms with Gasteiger partial charge in [-0.25, -0.2) is 0 Å². The number of benzene rings is 3. The van der Waals surface area contributed by atoms with Gasteiger partial charge in [-0.05, 0) is 5.39 Å². The van der Waals surface area contributed by atoms with Gasteiger partial charge in [0, 0.05) is 27.0 Å². The fraction of sp³-hybridized carbons (Fsp3) is 0.0526. The van der Waals surface area contributed by atoms with Gasteiger partial charge in [0.05, 0.1) is 0 Å². The first-order chi connectivity index (χ1) is 11.6. The van der Waals surface area contributed by atoms with Crippen LogP contribution in [0.15, 0.2) is 66.7 Å². The first-order valence-electron chi connectivity index (χ1n) is 7.40. The van der Waals surface area contributed by atoms with Crippen molar-refractivity contribution in [3.63, 3.8) is 0 Å². The Bertz CT molecular complexity index is 973. The lowest BCUT2D eigenvalue weighted by Gasteiger charge is -2.28. The number of Topliss-reactive ketones (excluding diaryl/α,β-unsaturated/α-hetero) is 2. The van der Waals surface area contributed by atoms with E-state index in [0.29, 0.717) is 5.39 Å². The SMILES string of the molecule is O=C1c2cccc3cccc(c23)C(=O)C1(c1ccccc1)[N+](=O)[O-]. The summed E-state index contributed by atoms with van der Waals surface area (Å²) in [5.41, 5.74) is -1.92. The van der Waals surface area contributed by atoms with Crippen LogP contribution in [0.4, 0.5) is 0 Å². The molecule has 3 aromatic carbocycles. The quantitative estimate of drug-likeness (QED) is 0.412. The van der Waals surface area contributed by atoms with Crippen molar-refractivity contribution in [1.29, 1.82) is 0 Å². The van der Waals surface area contributed by atoms with Gasteiger partial charge in [-0.2, -0.15) is 0 Å². The molecule has 0 atom stereocenters. The smallest absolute Gasteiger partial charge is 0.285 e. The number of carbonyl (C=O) groups excluding carboxylic acids is 2. The summed E-state index contributed by atoms with van der Waals surface area (Å²) in [6.45, 7) is 0. The molecule has 0 radical (unpaired) electrons. The molecule has 1 aliphatic rings. The zero-order chi connectivity index (χ0) is 16.9. The Kier molecular flexibility index (Phi) is 2.87. The van der Waals surface area contributed by atoms with Gasteiger partial charge in [0.1, 0.15) is 0 Å². The molecule has 24 heavy (non-hydrogen) atoms. The molecule has 0 heterocycles. The number of nitro groups is 1. The largest absolute Gasteiger partial charge is 0.370 e. The predicted octanol–water partition coefficient (Wildman–Crippen LogP) is 3.39. The molecule has 0 spiro atoms. The van der Waals surface area contributed by atoms with Gasteiger partial charge < -0.3 is 0 Å². The van der Waals surface area contributed by atoms with E-state index < -0.39 is 22.0 Å². The molecule has 1 aliphatic carbocycles. The molecule has 0 amide bonds. The van der Waals surface area contributed by atoms with E-state index in [9.17, 15) is 19.7 Å². The van der Waals surface area contributed by atoms with Crippen molar-refractivity contribution < 1.29 is 14.5 Å². The van der Waals surface area contributed by atoms with E-state index in [1.807, 2.05) is 0 Å². The third kappa shape index (κ3) is 1.58. The second kappa shape index (κ2) is 4.83. The lowest BCUT2D eigenvalue weighted by molar-refractivity contribution is -0.538. The highest BCUT2D eigenvalue weighted by Crippen LogP contribution is 2.41. The molecule has 0 aromatic heterocycles. The summed E-state index contributed by atoms with van der Waals surface area (Å²) < 4.78 is 0. The molecule has 0 N–H and O–H groups in total. The molecule has 0 saturated carbocycles. The summed E-state index contributed by atoms with van der Waals surface area (Å²) in [4.78, 5) is 37.5. The van der Waals surface area contributed by atoms with Crippen LogP contribution in [-0.2, 0) is 5.54 Å². The number of ketones is 2. The Morgan fingerprint density at radius 1 is 0.750 bits per heavy atom. The molecule has 3 aromatic rings. The van der Waals surface area contributed by atoms with Gasteiger partial charge in [0.15, 0.2) is 0 Å². The van der Waals surface area contributed by atoms with Crippen LogP contribution < -0.4 is 0 Å². The minimum Gasteiger partial charge on any atom is -0.285 e. The van der Waals surface area contributed by atoms with Crippen molar-refractivity contribution in [1.82, 2.24) is 0 Å². The van der Waals surface area contributed by atoms with Gasteiger partial charge in [-0.15, -0.1) is 0 Å². The summed E-state index contributed by atoms with van der Waals surface area (Å²) in [6, 6.07) is 17.8. The maximum absolute atomic E-state index is 13.1. The van der Waals surface area contributed by atoms with Crippen molar-refractivity contribution >= 4 is 22.3 Å². The highest BCUT2D eigenvalue weighted by molar-refractivity contribution is 6.33. The first-order valence-corrected chi connectivity index (χ1v) is 7.40. The van der Waals surface area contributed by atoms with E-state index in [1.165, 1.54) is 12.1 Å². The predicted molar refractivity (Wildman–Crippen MR) is 87.7 cm³/mol. The standard InChI is InChI=1S/C19H11NO4/c21-17-14-10-4-6-12-7-5-11-15(16(12)14)18(22)19(17,20(23)24)13-8-2-1-3-9-13/h1-11H. The lowest BCUT2D eigenvalue weighted by atomic mass is 9.71. The second-order valence-electron chi connectivity index (χ2n) is 5.70. The van der Waals surface area contributed by atoms with E-state index in [-0.39, 0.29) is 16.7 Å². The zero-order valence-corrected chi connectivity index (χ0v) is 12.4. The van der Waals surface area contributed by atoms with Crippen LogP contribution in [0.3, 0.4) is 0 Å². The van der Waals surface area contributed by atoms with Crippen LogP contribution in [0.25, 0.3) is 10.8 Å². The molecule has 116 valence electrons. The van der Waals surface area contributed by atoms with Crippen molar-refractivity contribution in [2.24, 2.45) is 0 Å². The number of hydrogen-bond donors (Lipinski definition) is 0.